The largest absolute Gasteiger partial charge is 0.497 e. The van der Waals surface area contributed by atoms with Crippen LogP contribution in [0.5, 0.6) is 11.5 Å². The van der Waals surface area contributed by atoms with E-state index in [9.17, 15) is 17.6 Å². The molecule has 0 unspecified atom stereocenters. The molecule has 1 heterocycles. The van der Waals surface area contributed by atoms with Crippen LogP contribution in [0.1, 0.15) is 12.8 Å². The van der Waals surface area contributed by atoms with Gasteiger partial charge in [-0.15, -0.1) is 0 Å². The topological polar surface area (TPSA) is 84.9 Å². The molecule has 1 saturated heterocycles. The molecule has 1 amide bonds. The van der Waals surface area contributed by atoms with Crippen LogP contribution in [0.25, 0.3) is 0 Å². The zero-order valence-corrected chi connectivity index (χ0v) is 17.5. The molecule has 0 saturated carbocycles. The van der Waals surface area contributed by atoms with E-state index in [0.29, 0.717) is 30.9 Å². The van der Waals surface area contributed by atoms with Gasteiger partial charge in [0.05, 0.1) is 24.5 Å². The third kappa shape index (κ3) is 5.48. The molecule has 30 heavy (non-hydrogen) atoms. The molecule has 0 aromatic heterocycles. The average Bonchev–Trinajstić information content (AvgIpc) is 2.78. The number of sulfonamides is 1. The summed E-state index contributed by atoms with van der Waals surface area (Å²) in [7, 11) is -2.16. The Morgan fingerprint density at radius 3 is 2.47 bits per heavy atom. The first-order valence-electron chi connectivity index (χ1n) is 9.70. The van der Waals surface area contributed by atoms with Crippen LogP contribution in [0.2, 0.25) is 0 Å². The van der Waals surface area contributed by atoms with Gasteiger partial charge in [0.25, 0.3) is 0 Å². The van der Waals surface area contributed by atoms with Gasteiger partial charge in [-0.25, -0.2) is 12.8 Å². The Morgan fingerprint density at radius 1 is 1.13 bits per heavy atom. The van der Waals surface area contributed by atoms with Crippen molar-refractivity contribution in [2.45, 2.75) is 17.7 Å². The number of halogens is 1. The van der Waals surface area contributed by atoms with E-state index in [1.165, 1.54) is 47.8 Å². The number of amides is 1. The standard InChI is InChI=1S/C21H25FN2O5S/c1-28-18-8-10-20(11-9-18)30(26,27)24-13-2-3-16(15-24)21(25)23-12-14-29-19-6-4-17(22)5-7-19/h4-11,16H,2-3,12-15H2,1H3,(H,23,25)/t16-/m1/s1. The first kappa shape index (κ1) is 22.0. The van der Waals surface area contributed by atoms with Crippen molar-refractivity contribution >= 4 is 15.9 Å². The lowest BCUT2D eigenvalue weighted by molar-refractivity contribution is -0.126. The van der Waals surface area contributed by atoms with Gasteiger partial charge in [-0.05, 0) is 61.4 Å². The number of carbonyl (C=O) groups is 1. The minimum atomic E-state index is -3.68. The van der Waals surface area contributed by atoms with Gasteiger partial charge in [0.2, 0.25) is 15.9 Å². The molecular weight excluding hydrogens is 411 g/mol. The number of rotatable bonds is 8. The maximum absolute atomic E-state index is 12.9. The summed E-state index contributed by atoms with van der Waals surface area (Å²) in [6, 6.07) is 11.8. The minimum absolute atomic E-state index is 0.138. The quantitative estimate of drug-likeness (QED) is 0.643. The number of ether oxygens (including phenoxy) is 2. The Hall–Kier alpha value is -2.65. The van der Waals surface area contributed by atoms with Crippen molar-refractivity contribution in [3.63, 3.8) is 0 Å². The van der Waals surface area contributed by atoms with Gasteiger partial charge in [-0.3, -0.25) is 4.79 Å². The molecule has 0 spiro atoms. The van der Waals surface area contributed by atoms with Crippen molar-refractivity contribution in [3.8, 4) is 11.5 Å². The van der Waals surface area contributed by atoms with E-state index in [1.54, 1.807) is 12.1 Å². The molecule has 1 fully saturated rings. The summed E-state index contributed by atoms with van der Waals surface area (Å²) >= 11 is 0. The zero-order chi connectivity index (χ0) is 21.6. The van der Waals surface area contributed by atoms with E-state index < -0.39 is 15.9 Å². The summed E-state index contributed by atoms with van der Waals surface area (Å²) in [5, 5.41) is 2.78. The van der Waals surface area contributed by atoms with Gasteiger partial charge in [0.15, 0.2) is 0 Å². The number of methoxy groups -OCH3 is 1. The van der Waals surface area contributed by atoms with E-state index in [1.807, 2.05) is 0 Å². The van der Waals surface area contributed by atoms with Crippen molar-refractivity contribution in [1.82, 2.24) is 9.62 Å². The second-order valence-corrected chi connectivity index (χ2v) is 8.91. The van der Waals surface area contributed by atoms with Crippen LogP contribution >= 0.6 is 0 Å². The molecule has 0 aliphatic carbocycles. The lowest BCUT2D eigenvalue weighted by atomic mass is 9.99. The van der Waals surface area contributed by atoms with Crippen LogP contribution in [-0.4, -0.2) is 52.0 Å². The summed E-state index contributed by atoms with van der Waals surface area (Å²) in [5.41, 5.74) is 0. The molecule has 1 N–H and O–H groups in total. The molecule has 7 nitrogen and oxygen atoms in total. The van der Waals surface area contributed by atoms with Gasteiger partial charge >= 0.3 is 0 Å². The lowest BCUT2D eigenvalue weighted by Gasteiger charge is -2.31. The highest BCUT2D eigenvalue weighted by Crippen LogP contribution is 2.25. The average molecular weight is 437 g/mol. The van der Waals surface area contributed by atoms with E-state index in [-0.39, 0.29) is 36.3 Å². The third-order valence-electron chi connectivity index (χ3n) is 4.94. The molecule has 1 aliphatic heterocycles. The summed E-state index contributed by atoms with van der Waals surface area (Å²) in [4.78, 5) is 12.7. The zero-order valence-electron chi connectivity index (χ0n) is 16.7. The molecule has 1 atom stereocenters. The maximum atomic E-state index is 12.9. The monoisotopic (exact) mass is 436 g/mol. The van der Waals surface area contributed by atoms with Gasteiger partial charge in [0, 0.05) is 13.1 Å². The number of piperidine rings is 1. The number of hydrogen-bond donors (Lipinski definition) is 1. The van der Waals surface area contributed by atoms with Gasteiger partial charge in [0.1, 0.15) is 23.9 Å². The van der Waals surface area contributed by atoms with Crippen molar-refractivity contribution in [2.24, 2.45) is 5.92 Å². The molecule has 3 rings (SSSR count). The number of nitrogens with zero attached hydrogens (tertiary/aromatic N) is 1. The van der Waals surface area contributed by atoms with E-state index in [0.717, 1.165) is 0 Å². The van der Waals surface area contributed by atoms with E-state index in [2.05, 4.69) is 5.32 Å². The van der Waals surface area contributed by atoms with Gasteiger partial charge < -0.3 is 14.8 Å². The predicted molar refractivity (Wildman–Crippen MR) is 109 cm³/mol. The van der Waals surface area contributed by atoms with Crippen LogP contribution in [0.3, 0.4) is 0 Å². The maximum Gasteiger partial charge on any atom is 0.243 e. The Balaban J connectivity index is 1.51. The number of hydrogen-bond acceptors (Lipinski definition) is 5. The molecule has 162 valence electrons. The van der Waals surface area contributed by atoms with Crippen molar-refractivity contribution in [3.05, 3.63) is 54.3 Å². The first-order chi connectivity index (χ1) is 14.4. The van der Waals surface area contributed by atoms with Gasteiger partial charge in [-0.2, -0.15) is 4.31 Å². The first-order valence-corrected chi connectivity index (χ1v) is 11.1. The normalized spacial score (nSPS) is 17.3. The summed E-state index contributed by atoms with van der Waals surface area (Å²) < 4.78 is 50.6. The van der Waals surface area contributed by atoms with Crippen molar-refractivity contribution in [1.29, 1.82) is 0 Å². The Morgan fingerprint density at radius 2 is 1.80 bits per heavy atom. The van der Waals surface area contributed by atoms with Crippen molar-refractivity contribution in [2.75, 3.05) is 33.4 Å². The smallest absolute Gasteiger partial charge is 0.243 e. The molecular formula is C21H25FN2O5S. The van der Waals surface area contributed by atoms with Crippen LogP contribution in [0.15, 0.2) is 53.4 Å². The third-order valence-corrected chi connectivity index (χ3v) is 6.82. The Kier molecular flexibility index (Phi) is 7.28. The second kappa shape index (κ2) is 9.90. The highest BCUT2D eigenvalue weighted by atomic mass is 32.2. The number of nitrogens with one attached hydrogen (secondary N) is 1. The number of carbonyl (C=O) groups excluding carboxylic acids is 1. The molecule has 2 aromatic rings. The van der Waals surface area contributed by atoms with Crippen LogP contribution in [0.4, 0.5) is 4.39 Å². The minimum Gasteiger partial charge on any atom is -0.497 e. The van der Waals surface area contributed by atoms with E-state index >= 15 is 0 Å². The summed E-state index contributed by atoms with van der Waals surface area (Å²) in [5.74, 6) is 0.125. The number of benzene rings is 2. The molecule has 9 heteroatoms. The SMILES string of the molecule is COc1ccc(S(=O)(=O)N2CCC[C@@H](C(=O)NCCOc3ccc(F)cc3)C2)cc1. The fraction of sp³-hybridized carbons (Fsp3) is 0.381. The molecule has 1 aliphatic rings. The molecule has 2 aromatic carbocycles. The Labute approximate surface area is 175 Å². The van der Waals surface area contributed by atoms with Crippen LogP contribution < -0.4 is 14.8 Å². The van der Waals surface area contributed by atoms with Crippen LogP contribution in [-0.2, 0) is 14.8 Å². The highest BCUT2D eigenvalue weighted by Gasteiger charge is 2.33. The lowest BCUT2D eigenvalue weighted by Crippen LogP contribution is -2.45. The van der Waals surface area contributed by atoms with Crippen LogP contribution in [0, 0.1) is 11.7 Å². The van der Waals surface area contributed by atoms with E-state index in [4.69, 9.17) is 9.47 Å². The fourth-order valence-electron chi connectivity index (χ4n) is 3.29. The van der Waals surface area contributed by atoms with Crippen molar-refractivity contribution < 1.29 is 27.1 Å². The predicted octanol–water partition coefficient (Wildman–Crippen LogP) is 2.43. The molecule has 0 radical (unpaired) electrons. The van der Waals surface area contributed by atoms with Gasteiger partial charge in [-0.1, -0.05) is 0 Å². The summed E-state index contributed by atoms with van der Waals surface area (Å²) in [6.45, 7) is 1.03. The highest BCUT2D eigenvalue weighted by molar-refractivity contribution is 7.89. The Bertz CT molecular complexity index is 948. The molecule has 0 bridgehead atoms. The fourth-order valence-corrected chi connectivity index (χ4v) is 4.81. The summed E-state index contributed by atoms with van der Waals surface area (Å²) in [6.07, 6.45) is 1.23. The second-order valence-electron chi connectivity index (χ2n) is 6.97.